The molecule has 3 heterocycles. The van der Waals surface area contributed by atoms with E-state index in [0.717, 1.165) is 6.20 Å². The molecule has 1 aromatic heterocycles. The van der Waals surface area contributed by atoms with Crippen LogP contribution in [0, 0.1) is 12.7 Å². The maximum absolute atomic E-state index is 15.5. The summed E-state index contributed by atoms with van der Waals surface area (Å²) in [6, 6.07) is 7.45. The normalized spacial score (nSPS) is 21.0. The molecule has 0 spiro atoms. The summed E-state index contributed by atoms with van der Waals surface area (Å²) in [7, 11) is 0. The van der Waals surface area contributed by atoms with Crippen LogP contribution in [0.3, 0.4) is 0 Å². The van der Waals surface area contributed by atoms with Gasteiger partial charge in [-0.1, -0.05) is 6.07 Å². The molecule has 0 aliphatic carbocycles. The number of nitrogens with zero attached hydrogens (tertiary/aromatic N) is 3. The number of hydrogen-bond donors (Lipinski definition) is 2. The number of aliphatic hydroxyl groups excluding tert-OH is 1. The number of rotatable bonds is 4. The smallest absolute Gasteiger partial charge is 0.393 e. The number of fused-ring (bicyclic) bond motifs is 3. The van der Waals surface area contributed by atoms with Gasteiger partial charge in [0.25, 0.3) is 5.91 Å². The van der Waals surface area contributed by atoms with Crippen LogP contribution in [0.5, 0.6) is 0 Å². The highest BCUT2D eigenvalue weighted by atomic mass is 19.4. The van der Waals surface area contributed by atoms with Gasteiger partial charge in [-0.05, 0) is 53.9 Å². The summed E-state index contributed by atoms with van der Waals surface area (Å²) in [5.74, 6) is -1.46. The van der Waals surface area contributed by atoms with E-state index in [9.17, 15) is 23.1 Å². The number of benzene rings is 2. The third-order valence-electron chi connectivity index (χ3n) is 6.94. The van der Waals surface area contributed by atoms with Crippen molar-refractivity contribution in [2.75, 3.05) is 36.6 Å². The molecule has 3 aromatic rings. The summed E-state index contributed by atoms with van der Waals surface area (Å²) in [6.45, 7) is 1.83. The van der Waals surface area contributed by atoms with Gasteiger partial charge in [0.15, 0.2) is 11.4 Å². The van der Waals surface area contributed by atoms with E-state index in [1.165, 1.54) is 12.1 Å². The number of aliphatic hydroxyl groups is 1. The van der Waals surface area contributed by atoms with Crippen molar-refractivity contribution in [1.82, 2.24) is 10.2 Å². The Hall–Kier alpha value is -3.64. The van der Waals surface area contributed by atoms with E-state index in [-0.39, 0.29) is 29.8 Å². The van der Waals surface area contributed by atoms with Gasteiger partial charge in [0.05, 0.1) is 37.6 Å². The molecule has 0 bridgehead atoms. The third-order valence-corrected chi connectivity index (χ3v) is 6.94. The Morgan fingerprint density at radius 3 is 2.76 bits per heavy atom. The van der Waals surface area contributed by atoms with Gasteiger partial charge in [0, 0.05) is 29.9 Å². The summed E-state index contributed by atoms with van der Waals surface area (Å²) in [6.07, 6.45) is -4.02. The monoisotopic (exact) mass is 534 g/mol. The van der Waals surface area contributed by atoms with Gasteiger partial charge in [0.1, 0.15) is 5.82 Å². The van der Waals surface area contributed by atoms with Crippen LogP contribution in [0.1, 0.15) is 27.2 Å². The fourth-order valence-electron chi connectivity index (χ4n) is 4.96. The number of nitrogens with one attached hydrogen (secondary N) is 1. The van der Waals surface area contributed by atoms with E-state index in [0.29, 0.717) is 41.6 Å². The number of aromatic nitrogens is 2. The van der Waals surface area contributed by atoms with Crippen molar-refractivity contribution in [2.45, 2.75) is 31.2 Å². The van der Waals surface area contributed by atoms with Gasteiger partial charge in [0.2, 0.25) is 0 Å². The number of halogens is 5. The first-order valence-corrected chi connectivity index (χ1v) is 11.8. The minimum Gasteiger partial charge on any atom is -0.393 e. The summed E-state index contributed by atoms with van der Waals surface area (Å²) < 4.78 is 75.2. The number of morpholine rings is 1. The van der Waals surface area contributed by atoms with Crippen molar-refractivity contribution >= 4 is 17.3 Å². The second-order valence-electron chi connectivity index (χ2n) is 9.43. The SMILES string of the molecule is Cc1ccc(NC(=O)c2cnnc(C(F)(F)F)c2)cc1-c1cc2c(cc1F)C[C@](F)(CO)[C@H]1COCCN21. The molecule has 5 rings (SSSR count). The maximum Gasteiger partial charge on any atom is 0.435 e. The first-order chi connectivity index (χ1) is 18.0. The van der Waals surface area contributed by atoms with Crippen LogP contribution in [-0.4, -0.2) is 59.3 Å². The van der Waals surface area contributed by atoms with Crippen LogP contribution in [0.25, 0.3) is 11.1 Å². The summed E-state index contributed by atoms with van der Waals surface area (Å²) in [5, 5.41) is 18.5. The number of anilines is 2. The molecule has 0 radical (unpaired) electrons. The van der Waals surface area contributed by atoms with Gasteiger partial charge in [-0.3, -0.25) is 4.79 Å². The van der Waals surface area contributed by atoms with E-state index >= 15 is 8.78 Å². The van der Waals surface area contributed by atoms with Crippen LogP contribution in [0.2, 0.25) is 0 Å². The lowest BCUT2D eigenvalue weighted by molar-refractivity contribution is -0.141. The van der Waals surface area contributed by atoms with Gasteiger partial charge >= 0.3 is 6.18 Å². The average Bonchev–Trinajstić information content (AvgIpc) is 2.89. The second kappa shape index (κ2) is 9.59. The molecule has 2 atom stereocenters. The molecule has 1 fully saturated rings. The zero-order valence-electron chi connectivity index (χ0n) is 20.1. The first kappa shape index (κ1) is 26.0. The molecular weight excluding hydrogens is 511 g/mol. The van der Waals surface area contributed by atoms with E-state index < -0.39 is 41.9 Å². The van der Waals surface area contributed by atoms with Crippen LogP contribution < -0.4 is 10.2 Å². The van der Waals surface area contributed by atoms with E-state index in [2.05, 4.69) is 15.5 Å². The largest absolute Gasteiger partial charge is 0.435 e. The molecule has 2 N–H and O–H groups in total. The molecule has 2 aromatic carbocycles. The van der Waals surface area contributed by atoms with E-state index in [1.54, 1.807) is 30.0 Å². The second-order valence-corrected chi connectivity index (χ2v) is 9.43. The van der Waals surface area contributed by atoms with Crippen molar-refractivity contribution in [3.05, 3.63) is 70.8 Å². The first-order valence-electron chi connectivity index (χ1n) is 11.8. The van der Waals surface area contributed by atoms with E-state index in [1.807, 2.05) is 0 Å². The standard InChI is InChI=1S/C26H23F5N4O3/c1-14-2-3-17(33-24(37)16-7-22(26(29,30)31)34-32-11-16)8-18(14)19-9-21-15(6-20(19)27)10-25(28,13-36)23-12-38-5-4-35(21)23/h2-3,6-9,11,23,36H,4-5,10,12-13H2,1H3,(H,33,37)/t23-,25+/m1/s1. The van der Waals surface area contributed by atoms with Crippen LogP contribution in [0.4, 0.5) is 33.3 Å². The topological polar surface area (TPSA) is 87.6 Å². The summed E-state index contributed by atoms with van der Waals surface area (Å²) in [5.41, 5.74) is -1.01. The molecule has 7 nitrogen and oxygen atoms in total. The van der Waals surface area contributed by atoms with Crippen LogP contribution in [0.15, 0.2) is 42.6 Å². The lowest BCUT2D eigenvalue weighted by atomic mass is 9.82. The predicted octanol–water partition coefficient (Wildman–Crippen LogP) is 4.32. The lowest BCUT2D eigenvalue weighted by Crippen LogP contribution is -2.62. The molecule has 2 aliphatic heterocycles. The van der Waals surface area contributed by atoms with Gasteiger partial charge in [-0.15, -0.1) is 5.10 Å². The lowest BCUT2D eigenvalue weighted by Gasteiger charge is -2.48. The van der Waals surface area contributed by atoms with Crippen LogP contribution >= 0.6 is 0 Å². The fourth-order valence-corrected chi connectivity index (χ4v) is 4.96. The van der Waals surface area contributed by atoms with Gasteiger partial charge < -0.3 is 20.1 Å². The highest BCUT2D eigenvalue weighted by Crippen LogP contribution is 2.43. The average molecular weight is 534 g/mol. The molecule has 0 unspecified atom stereocenters. The number of amides is 1. The Bertz CT molecular complexity index is 1400. The Kier molecular flexibility index (Phi) is 6.56. The fraction of sp³-hybridized carbons (Fsp3) is 0.346. The zero-order chi connectivity index (χ0) is 27.2. The van der Waals surface area contributed by atoms with Crippen LogP contribution in [-0.2, 0) is 17.3 Å². The number of aryl methyl sites for hydroxylation is 1. The molecule has 200 valence electrons. The summed E-state index contributed by atoms with van der Waals surface area (Å²) in [4.78, 5) is 14.4. The number of carbonyl (C=O) groups excluding carboxylic acids is 1. The highest BCUT2D eigenvalue weighted by molar-refractivity contribution is 6.04. The van der Waals surface area contributed by atoms with Crippen molar-refractivity contribution in [2.24, 2.45) is 0 Å². The molecule has 1 saturated heterocycles. The van der Waals surface area contributed by atoms with Crippen molar-refractivity contribution < 1.29 is 36.6 Å². The molecule has 12 heteroatoms. The Morgan fingerprint density at radius 2 is 2.03 bits per heavy atom. The number of hydrogen-bond acceptors (Lipinski definition) is 6. The molecule has 0 saturated carbocycles. The molecule has 38 heavy (non-hydrogen) atoms. The number of ether oxygens (including phenoxy) is 1. The third kappa shape index (κ3) is 4.69. The Labute approximate surface area is 214 Å². The molecular formula is C26H23F5N4O3. The van der Waals surface area contributed by atoms with Crippen molar-refractivity contribution in [3.8, 4) is 11.1 Å². The van der Waals surface area contributed by atoms with Gasteiger partial charge in [-0.25, -0.2) is 8.78 Å². The van der Waals surface area contributed by atoms with Crippen molar-refractivity contribution in [3.63, 3.8) is 0 Å². The predicted molar refractivity (Wildman–Crippen MR) is 128 cm³/mol. The number of carbonyl (C=O) groups is 1. The Balaban J connectivity index is 1.49. The quantitative estimate of drug-likeness (QED) is 0.485. The van der Waals surface area contributed by atoms with Gasteiger partial charge in [-0.2, -0.15) is 18.3 Å². The number of alkyl halides is 4. The van der Waals surface area contributed by atoms with Crippen molar-refractivity contribution in [1.29, 1.82) is 0 Å². The highest BCUT2D eigenvalue weighted by Gasteiger charge is 2.48. The minimum absolute atomic E-state index is 0.0870. The summed E-state index contributed by atoms with van der Waals surface area (Å²) >= 11 is 0. The zero-order valence-corrected chi connectivity index (χ0v) is 20.1. The molecule has 1 amide bonds. The van der Waals surface area contributed by atoms with E-state index in [4.69, 9.17) is 4.74 Å². The Morgan fingerprint density at radius 1 is 1.24 bits per heavy atom. The minimum atomic E-state index is -4.76. The molecule has 2 aliphatic rings. The maximum atomic E-state index is 15.5.